The fourth-order valence-electron chi connectivity index (χ4n) is 2.06. The minimum absolute atomic E-state index is 0.210. The van der Waals surface area contributed by atoms with Crippen LogP contribution in [0.3, 0.4) is 0 Å². The first-order chi connectivity index (χ1) is 11.1. The van der Waals surface area contributed by atoms with Gasteiger partial charge in [0.25, 0.3) is 0 Å². The van der Waals surface area contributed by atoms with E-state index in [4.69, 9.17) is 0 Å². The summed E-state index contributed by atoms with van der Waals surface area (Å²) in [5.41, 5.74) is 0.929. The summed E-state index contributed by atoms with van der Waals surface area (Å²) in [6, 6.07) is 9.35. The van der Waals surface area contributed by atoms with Crippen molar-refractivity contribution < 1.29 is 9.59 Å². The van der Waals surface area contributed by atoms with Crippen LogP contribution in [-0.4, -0.2) is 45.4 Å². The highest BCUT2D eigenvalue weighted by atomic mass is 32.2. The predicted octanol–water partition coefficient (Wildman–Crippen LogP) is 2.31. The van der Waals surface area contributed by atoms with E-state index in [-0.39, 0.29) is 11.9 Å². The molecule has 2 aromatic rings. The van der Waals surface area contributed by atoms with E-state index in [1.807, 2.05) is 30.3 Å². The molecule has 0 aliphatic carbocycles. The molecule has 7 nitrogen and oxygen atoms in total. The molecule has 1 aromatic carbocycles. The summed E-state index contributed by atoms with van der Waals surface area (Å²) in [5, 5.41) is 14.2. The van der Waals surface area contributed by atoms with Gasteiger partial charge in [0.05, 0.1) is 5.25 Å². The molecule has 1 atom stereocenters. The molecule has 0 bridgehead atoms. The van der Waals surface area contributed by atoms with Crippen LogP contribution >= 0.6 is 23.1 Å². The molecule has 1 aromatic heterocycles. The topological polar surface area (TPSA) is 87.2 Å². The van der Waals surface area contributed by atoms with Crippen LogP contribution in [0, 0.1) is 0 Å². The third-order valence-electron chi connectivity index (χ3n) is 3.18. The van der Waals surface area contributed by atoms with Crippen LogP contribution in [-0.2, 0) is 4.79 Å². The van der Waals surface area contributed by atoms with Gasteiger partial charge in [-0.25, -0.2) is 4.79 Å². The zero-order valence-electron chi connectivity index (χ0n) is 12.4. The number of thioether (sulfide) groups is 1. The Morgan fingerprint density at radius 2 is 2.17 bits per heavy atom. The number of carbonyl (C=O) groups is 2. The Kier molecular flexibility index (Phi) is 4.77. The third kappa shape index (κ3) is 3.80. The lowest BCUT2D eigenvalue weighted by Crippen LogP contribution is -2.38. The van der Waals surface area contributed by atoms with E-state index >= 15 is 0 Å². The molecule has 0 saturated carbocycles. The molecule has 0 radical (unpaired) electrons. The second-order valence-electron chi connectivity index (χ2n) is 4.85. The number of aromatic nitrogens is 2. The molecule has 3 amide bonds. The number of hydrogen-bond donors (Lipinski definition) is 2. The van der Waals surface area contributed by atoms with Crippen LogP contribution in [0.15, 0.2) is 34.7 Å². The minimum Gasteiger partial charge on any atom is -0.336 e. The second-order valence-corrected chi connectivity index (χ2v) is 7.41. The summed E-state index contributed by atoms with van der Waals surface area (Å²) in [6.07, 6.45) is 0. The quantitative estimate of drug-likeness (QED) is 0.806. The monoisotopic (exact) mass is 349 g/mol. The number of amides is 3. The molecule has 23 heavy (non-hydrogen) atoms. The van der Waals surface area contributed by atoms with Crippen LogP contribution < -0.4 is 10.6 Å². The fraction of sp³-hybridized carbons (Fsp3) is 0.286. The summed E-state index contributed by atoms with van der Waals surface area (Å²) >= 11 is 2.68. The first-order valence-corrected chi connectivity index (χ1v) is 8.74. The van der Waals surface area contributed by atoms with Gasteiger partial charge in [-0.05, 0) is 19.1 Å². The van der Waals surface area contributed by atoms with Gasteiger partial charge in [-0.3, -0.25) is 9.69 Å². The van der Waals surface area contributed by atoms with Gasteiger partial charge in [-0.15, -0.1) is 10.2 Å². The van der Waals surface area contributed by atoms with Crippen LogP contribution in [0.25, 0.3) is 0 Å². The average Bonchev–Trinajstić information content (AvgIpc) is 3.16. The van der Waals surface area contributed by atoms with Gasteiger partial charge >= 0.3 is 6.03 Å². The highest BCUT2D eigenvalue weighted by Gasteiger charge is 2.30. The van der Waals surface area contributed by atoms with Gasteiger partial charge in [0, 0.05) is 18.8 Å². The first kappa shape index (κ1) is 15.8. The van der Waals surface area contributed by atoms with E-state index in [9.17, 15) is 9.59 Å². The van der Waals surface area contributed by atoms with E-state index in [0.717, 1.165) is 5.69 Å². The molecule has 9 heteroatoms. The Hall–Kier alpha value is -2.13. The first-order valence-electron chi connectivity index (χ1n) is 7.05. The lowest BCUT2D eigenvalue weighted by Gasteiger charge is -2.16. The Morgan fingerprint density at radius 3 is 2.87 bits per heavy atom. The van der Waals surface area contributed by atoms with Gasteiger partial charge in [0.15, 0.2) is 4.34 Å². The van der Waals surface area contributed by atoms with Crippen molar-refractivity contribution in [3.05, 3.63) is 30.3 Å². The number of para-hydroxylation sites is 1. The maximum absolute atomic E-state index is 12.2. The number of imide groups is 1. The smallest absolute Gasteiger partial charge is 0.324 e. The molecule has 0 unspecified atom stereocenters. The number of nitrogens with zero attached hydrogens (tertiary/aromatic N) is 3. The molecule has 1 aliphatic rings. The summed E-state index contributed by atoms with van der Waals surface area (Å²) in [6.45, 7) is 2.69. The van der Waals surface area contributed by atoms with Crippen molar-refractivity contribution in [1.29, 1.82) is 0 Å². The fourth-order valence-corrected chi connectivity index (χ4v) is 4.03. The molecule has 120 valence electrons. The zero-order chi connectivity index (χ0) is 16.2. The lowest BCUT2D eigenvalue weighted by atomic mass is 10.3. The van der Waals surface area contributed by atoms with Crippen LogP contribution in [0.2, 0.25) is 0 Å². The minimum atomic E-state index is -0.392. The van der Waals surface area contributed by atoms with Crippen LogP contribution in [0.5, 0.6) is 0 Å². The highest BCUT2D eigenvalue weighted by Crippen LogP contribution is 2.31. The Morgan fingerprint density at radius 1 is 1.39 bits per heavy atom. The Bertz CT molecular complexity index is 706. The third-order valence-corrected chi connectivity index (χ3v) is 5.19. The van der Waals surface area contributed by atoms with Gasteiger partial charge in [0.1, 0.15) is 0 Å². The molecule has 3 rings (SSSR count). The zero-order valence-corrected chi connectivity index (χ0v) is 14.0. The van der Waals surface area contributed by atoms with Gasteiger partial charge in [0.2, 0.25) is 11.0 Å². The number of carbonyl (C=O) groups excluding carboxylic acids is 2. The van der Waals surface area contributed by atoms with Crippen molar-refractivity contribution in [2.24, 2.45) is 0 Å². The second kappa shape index (κ2) is 6.97. The molecule has 2 N–H and O–H groups in total. The Labute approximate surface area is 141 Å². The predicted molar refractivity (Wildman–Crippen MR) is 90.1 cm³/mol. The van der Waals surface area contributed by atoms with Gasteiger partial charge in [-0.1, -0.05) is 41.3 Å². The largest absolute Gasteiger partial charge is 0.336 e. The van der Waals surface area contributed by atoms with Crippen molar-refractivity contribution in [1.82, 2.24) is 20.4 Å². The van der Waals surface area contributed by atoms with E-state index in [1.165, 1.54) is 28.0 Å². The van der Waals surface area contributed by atoms with E-state index in [0.29, 0.717) is 22.6 Å². The van der Waals surface area contributed by atoms with E-state index in [1.54, 1.807) is 6.92 Å². The highest BCUT2D eigenvalue weighted by molar-refractivity contribution is 8.02. The normalized spacial score (nSPS) is 15.3. The van der Waals surface area contributed by atoms with Crippen LogP contribution in [0.4, 0.5) is 15.6 Å². The summed E-state index contributed by atoms with van der Waals surface area (Å²) in [5.74, 6) is -0.210. The molecular formula is C14H15N5O2S2. The number of benzene rings is 1. The number of hydrogen-bond acceptors (Lipinski definition) is 7. The van der Waals surface area contributed by atoms with Crippen molar-refractivity contribution in [2.45, 2.75) is 16.5 Å². The average molecular weight is 349 g/mol. The van der Waals surface area contributed by atoms with Crippen molar-refractivity contribution >= 4 is 45.9 Å². The maximum atomic E-state index is 12.2. The summed E-state index contributed by atoms with van der Waals surface area (Å²) < 4.78 is 0.684. The summed E-state index contributed by atoms with van der Waals surface area (Å²) in [4.78, 5) is 25.0. The number of urea groups is 1. The number of anilines is 2. The Balaban J connectivity index is 1.60. The molecule has 1 fully saturated rings. The maximum Gasteiger partial charge on any atom is 0.324 e. The molecule has 2 heterocycles. The number of rotatable bonds is 5. The van der Waals surface area contributed by atoms with E-state index in [2.05, 4.69) is 20.8 Å². The van der Waals surface area contributed by atoms with Crippen molar-refractivity contribution in [2.75, 3.05) is 18.4 Å². The van der Waals surface area contributed by atoms with Gasteiger partial charge < -0.3 is 10.6 Å². The summed E-state index contributed by atoms with van der Waals surface area (Å²) in [7, 11) is 0. The molecular weight excluding hydrogens is 334 g/mol. The SMILES string of the molecule is C[C@H](Sc1nnc(Nc2ccccc2)s1)C(=O)N1CCNC1=O. The van der Waals surface area contributed by atoms with Crippen molar-refractivity contribution in [3.63, 3.8) is 0 Å². The lowest BCUT2D eigenvalue weighted by molar-refractivity contribution is -0.126. The van der Waals surface area contributed by atoms with Gasteiger partial charge in [-0.2, -0.15) is 0 Å². The van der Waals surface area contributed by atoms with E-state index < -0.39 is 5.25 Å². The molecule has 1 saturated heterocycles. The molecule has 1 aliphatic heterocycles. The molecule has 0 spiro atoms. The standard InChI is InChI=1S/C14H15N5O2S2/c1-9(11(20)19-8-7-15-13(19)21)22-14-18-17-12(23-14)16-10-5-3-2-4-6-10/h2-6,9H,7-8H2,1H3,(H,15,21)(H,16,17)/t9-/m0/s1. The number of nitrogens with one attached hydrogen (secondary N) is 2. The van der Waals surface area contributed by atoms with Crippen molar-refractivity contribution in [3.8, 4) is 0 Å². The van der Waals surface area contributed by atoms with Crippen LogP contribution in [0.1, 0.15) is 6.92 Å².